The summed E-state index contributed by atoms with van der Waals surface area (Å²) in [6.45, 7) is 4.04. The van der Waals surface area contributed by atoms with Crippen LogP contribution < -0.4 is 0 Å². The number of piperidine rings is 1. The fourth-order valence-corrected chi connectivity index (χ4v) is 5.04. The molecule has 3 aliphatic rings. The molecule has 0 unspecified atom stereocenters. The van der Waals surface area contributed by atoms with E-state index in [9.17, 15) is 4.79 Å². The average molecular weight is 373 g/mol. The van der Waals surface area contributed by atoms with Crippen molar-refractivity contribution in [3.05, 3.63) is 24.3 Å². The molecule has 0 radical (unpaired) electrons. The number of carbonyl (C=O) groups is 1. The largest absolute Gasteiger partial charge is 0.381 e. The first-order valence-electron chi connectivity index (χ1n) is 10.5. The number of hydrogen-bond donors (Lipinski definition) is 0. The normalized spacial score (nSPS) is 25.3. The van der Waals surface area contributed by atoms with E-state index in [-0.39, 0.29) is 17.3 Å². The SMILES string of the molecule is O=C(c1ncccn1)N1CCC2(CC1)OCC[C@H]2CCOCC1CCCC1. The molecule has 1 amide bonds. The fraction of sp³-hybridized carbons (Fsp3) is 0.762. The maximum Gasteiger partial charge on any atom is 0.291 e. The van der Waals surface area contributed by atoms with Crippen LogP contribution in [-0.4, -0.2) is 59.3 Å². The van der Waals surface area contributed by atoms with Crippen molar-refractivity contribution in [1.82, 2.24) is 14.9 Å². The molecule has 2 saturated heterocycles. The van der Waals surface area contributed by atoms with Crippen molar-refractivity contribution in [3.8, 4) is 0 Å². The number of amides is 1. The molecule has 3 fully saturated rings. The Morgan fingerprint density at radius 3 is 2.67 bits per heavy atom. The van der Waals surface area contributed by atoms with Crippen LogP contribution >= 0.6 is 0 Å². The number of aromatic nitrogens is 2. The van der Waals surface area contributed by atoms with Gasteiger partial charge in [0.15, 0.2) is 0 Å². The minimum atomic E-state index is -0.0695. The minimum Gasteiger partial charge on any atom is -0.381 e. The van der Waals surface area contributed by atoms with Crippen LogP contribution in [0.2, 0.25) is 0 Å². The lowest BCUT2D eigenvalue weighted by atomic mass is 9.78. The van der Waals surface area contributed by atoms with Gasteiger partial charge in [-0.3, -0.25) is 4.79 Å². The zero-order chi connectivity index (χ0) is 18.5. The summed E-state index contributed by atoms with van der Waals surface area (Å²) in [5.74, 6) is 1.55. The summed E-state index contributed by atoms with van der Waals surface area (Å²) < 4.78 is 12.2. The van der Waals surface area contributed by atoms with Crippen molar-refractivity contribution < 1.29 is 14.3 Å². The Bertz CT molecular complexity index is 610. The van der Waals surface area contributed by atoms with Crippen LogP contribution in [-0.2, 0) is 9.47 Å². The molecule has 1 atom stereocenters. The Balaban J connectivity index is 1.25. The third kappa shape index (κ3) is 4.32. The predicted octanol–water partition coefficient (Wildman–Crippen LogP) is 3.08. The molecule has 4 rings (SSSR count). The van der Waals surface area contributed by atoms with Crippen LogP contribution in [0.1, 0.15) is 62.0 Å². The molecule has 1 aliphatic carbocycles. The first-order chi connectivity index (χ1) is 13.3. The van der Waals surface area contributed by atoms with E-state index >= 15 is 0 Å². The van der Waals surface area contributed by atoms with Crippen LogP contribution in [0.4, 0.5) is 0 Å². The van der Waals surface area contributed by atoms with Crippen LogP contribution in [0.25, 0.3) is 0 Å². The molecular weight excluding hydrogens is 342 g/mol. The number of carbonyl (C=O) groups excluding carboxylic acids is 1. The van der Waals surface area contributed by atoms with Gasteiger partial charge in [0.25, 0.3) is 5.91 Å². The highest BCUT2D eigenvalue weighted by Gasteiger charge is 2.46. The van der Waals surface area contributed by atoms with Gasteiger partial charge in [-0.05, 0) is 56.4 Å². The van der Waals surface area contributed by atoms with Gasteiger partial charge in [-0.1, -0.05) is 12.8 Å². The number of hydrogen-bond acceptors (Lipinski definition) is 5. The molecule has 6 heteroatoms. The Labute approximate surface area is 161 Å². The maximum absolute atomic E-state index is 12.6. The highest BCUT2D eigenvalue weighted by molar-refractivity contribution is 5.90. The van der Waals surface area contributed by atoms with Crippen LogP contribution in [0.3, 0.4) is 0 Å². The van der Waals surface area contributed by atoms with E-state index in [0.29, 0.717) is 5.92 Å². The van der Waals surface area contributed by atoms with Gasteiger partial charge >= 0.3 is 0 Å². The molecule has 148 valence electrons. The molecule has 0 aromatic carbocycles. The average Bonchev–Trinajstić information content (AvgIpc) is 3.37. The number of ether oxygens (including phenoxy) is 2. The van der Waals surface area contributed by atoms with Gasteiger partial charge < -0.3 is 14.4 Å². The first-order valence-corrected chi connectivity index (χ1v) is 10.5. The van der Waals surface area contributed by atoms with E-state index in [1.807, 2.05) is 4.90 Å². The Morgan fingerprint density at radius 2 is 1.93 bits per heavy atom. The lowest BCUT2D eigenvalue weighted by Gasteiger charge is -2.42. The lowest BCUT2D eigenvalue weighted by molar-refractivity contribution is -0.0677. The quantitative estimate of drug-likeness (QED) is 0.717. The number of nitrogens with zero attached hydrogens (tertiary/aromatic N) is 3. The van der Waals surface area contributed by atoms with E-state index in [4.69, 9.17) is 9.47 Å². The molecule has 27 heavy (non-hydrogen) atoms. The summed E-state index contributed by atoms with van der Waals surface area (Å²) >= 11 is 0. The molecule has 6 nitrogen and oxygen atoms in total. The van der Waals surface area contributed by atoms with E-state index in [0.717, 1.165) is 64.5 Å². The van der Waals surface area contributed by atoms with E-state index in [1.165, 1.54) is 25.7 Å². The number of likely N-dealkylation sites (tertiary alicyclic amines) is 1. The molecule has 0 N–H and O–H groups in total. The minimum absolute atomic E-state index is 0.0644. The monoisotopic (exact) mass is 373 g/mol. The predicted molar refractivity (Wildman–Crippen MR) is 101 cm³/mol. The number of rotatable bonds is 6. The molecule has 1 spiro atoms. The Morgan fingerprint density at radius 1 is 1.19 bits per heavy atom. The second-order valence-electron chi connectivity index (χ2n) is 8.28. The Kier molecular flexibility index (Phi) is 6.03. The van der Waals surface area contributed by atoms with Crippen molar-refractivity contribution in [3.63, 3.8) is 0 Å². The smallest absolute Gasteiger partial charge is 0.291 e. The summed E-state index contributed by atoms with van der Waals surface area (Å²) in [5, 5.41) is 0. The van der Waals surface area contributed by atoms with E-state index in [1.54, 1.807) is 18.5 Å². The van der Waals surface area contributed by atoms with Gasteiger partial charge in [0.05, 0.1) is 5.60 Å². The molecule has 1 aromatic heterocycles. The highest BCUT2D eigenvalue weighted by Crippen LogP contribution is 2.42. The molecular formula is C21H31N3O3. The van der Waals surface area contributed by atoms with Gasteiger partial charge in [-0.15, -0.1) is 0 Å². The summed E-state index contributed by atoms with van der Waals surface area (Å²) in [5.41, 5.74) is -0.0644. The standard InChI is InChI=1S/C21H31N3O3/c25-20(19-22-10-3-11-23-19)24-12-8-21(9-13-24)18(7-15-27-21)6-14-26-16-17-4-1-2-5-17/h3,10-11,17-18H,1-2,4-9,12-16H2/t18-/m1/s1. The summed E-state index contributed by atoms with van der Waals surface area (Å²) in [4.78, 5) is 22.6. The summed E-state index contributed by atoms with van der Waals surface area (Å²) in [6, 6.07) is 1.73. The van der Waals surface area contributed by atoms with Crippen LogP contribution in [0, 0.1) is 11.8 Å². The molecule has 1 saturated carbocycles. The zero-order valence-corrected chi connectivity index (χ0v) is 16.1. The van der Waals surface area contributed by atoms with Gasteiger partial charge in [-0.25, -0.2) is 9.97 Å². The molecule has 2 aliphatic heterocycles. The van der Waals surface area contributed by atoms with Gasteiger partial charge in [0.2, 0.25) is 5.82 Å². The maximum atomic E-state index is 12.6. The molecule has 1 aromatic rings. The van der Waals surface area contributed by atoms with E-state index < -0.39 is 0 Å². The van der Waals surface area contributed by atoms with Crippen molar-refractivity contribution in [2.45, 2.75) is 57.0 Å². The zero-order valence-electron chi connectivity index (χ0n) is 16.1. The molecule has 3 heterocycles. The first kappa shape index (κ1) is 18.8. The molecule has 0 bridgehead atoms. The van der Waals surface area contributed by atoms with Crippen molar-refractivity contribution in [2.24, 2.45) is 11.8 Å². The summed E-state index contributed by atoms with van der Waals surface area (Å²) in [7, 11) is 0. The van der Waals surface area contributed by atoms with Gasteiger partial charge in [-0.2, -0.15) is 0 Å². The van der Waals surface area contributed by atoms with Crippen molar-refractivity contribution >= 4 is 5.91 Å². The highest BCUT2D eigenvalue weighted by atomic mass is 16.5. The van der Waals surface area contributed by atoms with Gasteiger partial charge in [0, 0.05) is 45.3 Å². The van der Waals surface area contributed by atoms with Crippen LogP contribution in [0.5, 0.6) is 0 Å². The third-order valence-electron chi connectivity index (χ3n) is 6.69. The Hall–Kier alpha value is -1.53. The van der Waals surface area contributed by atoms with Crippen molar-refractivity contribution in [2.75, 3.05) is 32.9 Å². The van der Waals surface area contributed by atoms with E-state index in [2.05, 4.69) is 9.97 Å². The van der Waals surface area contributed by atoms with Crippen molar-refractivity contribution in [1.29, 1.82) is 0 Å². The second kappa shape index (κ2) is 8.65. The van der Waals surface area contributed by atoms with Crippen LogP contribution in [0.15, 0.2) is 18.5 Å². The van der Waals surface area contributed by atoms with Gasteiger partial charge in [0.1, 0.15) is 0 Å². The topological polar surface area (TPSA) is 64.6 Å². The fourth-order valence-electron chi connectivity index (χ4n) is 5.04. The second-order valence-corrected chi connectivity index (χ2v) is 8.28. The third-order valence-corrected chi connectivity index (χ3v) is 6.69. The lowest BCUT2D eigenvalue weighted by Crippen LogP contribution is -2.49. The summed E-state index contributed by atoms with van der Waals surface area (Å²) in [6.07, 6.45) is 12.6.